The lowest BCUT2D eigenvalue weighted by atomic mass is 9.99. The van der Waals surface area contributed by atoms with Gasteiger partial charge in [-0.2, -0.15) is 0 Å². The molecular formula is C14H22BrNO2. The summed E-state index contributed by atoms with van der Waals surface area (Å²) < 4.78 is 6.81. The minimum Gasteiger partial charge on any atom is -0.490 e. The fraction of sp³-hybridized carbons (Fsp3) is 0.571. The van der Waals surface area contributed by atoms with Gasteiger partial charge in [-0.3, -0.25) is 0 Å². The van der Waals surface area contributed by atoms with Crippen molar-refractivity contribution < 1.29 is 9.84 Å². The van der Waals surface area contributed by atoms with Gasteiger partial charge in [-0.15, -0.1) is 0 Å². The zero-order valence-electron chi connectivity index (χ0n) is 11.3. The van der Waals surface area contributed by atoms with Crippen LogP contribution in [0.15, 0.2) is 22.7 Å². The molecule has 2 N–H and O–H groups in total. The summed E-state index contributed by atoms with van der Waals surface area (Å²) in [6.45, 7) is 5.02. The summed E-state index contributed by atoms with van der Waals surface area (Å²) in [6.07, 6.45) is 1.39. The monoisotopic (exact) mass is 315 g/mol. The van der Waals surface area contributed by atoms with Crippen molar-refractivity contribution in [3.63, 3.8) is 0 Å². The van der Waals surface area contributed by atoms with Crippen molar-refractivity contribution in [3.8, 4) is 5.75 Å². The maximum atomic E-state index is 10.2. The van der Waals surface area contributed by atoms with E-state index in [1.807, 2.05) is 39.1 Å². The summed E-state index contributed by atoms with van der Waals surface area (Å²) >= 11 is 3.45. The Labute approximate surface area is 118 Å². The average Bonchev–Trinajstić information content (AvgIpc) is 2.38. The standard InChI is InChI=1S/C14H22BrNO2/c1-4-14(17,5-2)10-18-13-7-6-12(15)8-11(13)9-16-3/h6-8,16-17H,4-5,9-10H2,1-3H3. The van der Waals surface area contributed by atoms with Crippen LogP contribution in [-0.4, -0.2) is 24.4 Å². The van der Waals surface area contributed by atoms with Crippen molar-refractivity contribution in [3.05, 3.63) is 28.2 Å². The van der Waals surface area contributed by atoms with Crippen molar-refractivity contribution in [2.45, 2.75) is 38.8 Å². The molecule has 3 nitrogen and oxygen atoms in total. The van der Waals surface area contributed by atoms with Gasteiger partial charge in [-0.05, 0) is 38.1 Å². The molecule has 18 heavy (non-hydrogen) atoms. The normalized spacial score (nSPS) is 11.6. The van der Waals surface area contributed by atoms with Crippen LogP contribution in [0.1, 0.15) is 32.3 Å². The molecule has 0 unspecified atom stereocenters. The van der Waals surface area contributed by atoms with Gasteiger partial charge < -0.3 is 15.2 Å². The third-order valence-electron chi connectivity index (χ3n) is 3.20. The summed E-state index contributed by atoms with van der Waals surface area (Å²) in [4.78, 5) is 0. The molecule has 0 spiro atoms. The van der Waals surface area contributed by atoms with E-state index in [0.717, 1.165) is 22.3 Å². The number of benzene rings is 1. The summed E-state index contributed by atoms with van der Waals surface area (Å²) in [5.41, 5.74) is 0.353. The molecule has 0 aliphatic carbocycles. The lowest BCUT2D eigenvalue weighted by Crippen LogP contribution is -2.34. The first kappa shape index (κ1) is 15.5. The Morgan fingerprint density at radius 3 is 2.56 bits per heavy atom. The van der Waals surface area contributed by atoms with Gasteiger partial charge in [0.25, 0.3) is 0 Å². The second-order valence-corrected chi connectivity index (χ2v) is 5.42. The van der Waals surface area contributed by atoms with E-state index in [-0.39, 0.29) is 0 Å². The molecule has 0 saturated heterocycles. The molecule has 1 aromatic carbocycles. The zero-order chi connectivity index (χ0) is 13.6. The van der Waals surface area contributed by atoms with Crippen LogP contribution in [0.2, 0.25) is 0 Å². The maximum Gasteiger partial charge on any atom is 0.124 e. The van der Waals surface area contributed by atoms with E-state index in [2.05, 4.69) is 21.2 Å². The number of rotatable bonds is 7. The maximum absolute atomic E-state index is 10.2. The molecule has 0 bridgehead atoms. The number of hydrogen-bond acceptors (Lipinski definition) is 3. The van der Waals surface area contributed by atoms with E-state index >= 15 is 0 Å². The van der Waals surface area contributed by atoms with E-state index in [4.69, 9.17) is 4.74 Å². The molecule has 0 aromatic heterocycles. The van der Waals surface area contributed by atoms with Crippen LogP contribution in [0.4, 0.5) is 0 Å². The molecule has 0 amide bonds. The number of aliphatic hydroxyl groups is 1. The Hall–Kier alpha value is -0.580. The molecule has 1 aromatic rings. The quantitative estimate of drug-likeness (QED) is 0.812. The van der Waals surface area contributed by atoms with Crippen LogP contribution in [0.25, 0.3) is 0 Å². The van der Waals surface area contributed by atoms with Crippen LogP contribution in [-0.2, 0) is 6.54 Å². The van der Waals surface area contributed by atoms with Gasteiger partial charge in [-0.25, -0.2) is 0 Å². The van der Waals surface area contributed by atoms with Crippen LogP contribution >= 0.6 is 15.9 Å². The lowest BCUT2D eigenvalue weighted by Gasteiger charge is -2.25. The summed E-state index contributed by atoms with van der Waals surface area (Å²) in [6, 6.07) is 5.91. The molecule has 102 valence electrons. The number of nitrogens with one attached hydrogen (secondary N) is 1. The predicted molar refractivity (Wildman–Crippen MR) is 77.9 cm³/mol. The van der Waals surface area contributed by atoms with Crippen LogP contribution < -0.4 is 10.1 Å². The molecular weight excluding hydrogens is 294 g/mol. The highest BCUT2D eigenvalue weighted by Gasteiger charge is 2.23. The fourth-order valence-corrected chi connectivity index (χ4v) is 2.09. The van der Waals surface area contributed by atoms with Crippen LogP contribution in [0, 0.1) is 0 Å². The third-order valence-corrected chi connectivity index (χ3v) is 3.70. The second-order valence-electron chi connectivity index (χ2n) is 4.50. The average molecular weight is 316 g/mol. The summed E-state index contributed by atoms with van der Waals surface area (Å²) in [7, 11) is 1.90. The van der Waals surface area contributed by atoms with Gasteiger partial charge in [0.2, 0.25) is 0 Å². The molecule has 0 heterocycles. The van der Waals surface area contributed by atoms with Gasteiger partial charge in [0, 0.05) is 16.6 Å². The lowest BCUT2D eigenvalue weighted by molar-refractivity contribution is -0.0116. The van der Waals surface area contributed by atoms with Gasteiger partial charge in [-0.1, -0.05) is 29.8 Å². The van der Waals surface area contributed by atoms with E-state index in [1.54, 1.807) is 0 Å². The van der Waals surface area contributed by atoms with E-state index in [0.29, 0.717) is 19.4 Å². The summed E-state index contributed by atoms with van der Waals surface area (Å²) in [5, 5.41) is 13.3. The third kappa shape index (κ3) is 4.26. The second kappa shape index (κ2) is 7.12. The van der Waals surface area contributed by atoms with Crippen LogP contribution in [0.3, 0.4) is 0 Å². The molecule has 0 saturated carbocycles. The Kier molecular flexibility index (Phi) is 6.12. The van der Waals surface area contributed by atoms with E-state index in [1.165, 1.54) is 0 Å². The first-order chi connectivity index (χ1) is 8.54. The van der Waals surface area contributed by atoms with Gasteiger partial charge in [0.1, 0.15) is 12.4 Å². The SMILES string of the molecule is CCC(O)(CC)COc1ccc(Br)cc1CNC. The van der Waals surface area contributed by atoms with E-state index < -0.39 is 5.60 Å². The highest BCUT2D eigenvalue weighted by atomic mass is 79.9. The molecule has 0 aliphatic rings. The Balaban J connectivity index is 2.77. The molecule has 0 aliphatic heterocycles. The first-order valence-corrected chi connectivity index (χ1v) is 7.12. The van der Waals surface area contributed by atoms with E-state index in [9.17, 15) is 5.11 Å². The minimum atomic E-state index is -0.732. The zero-order valence-corrected chi connectivity index (χ0v) is 12.9. The van der Waals surface area contributed by atoms with Crippen molar-refractivity contribution in [1.29, 1.82) is 0 Å². The topological polar surface area (TPSA) is 41.5 Å². The Morgan fingerprint density at radius 2 is 2.00 bits per heavy atom. The summed E-state index contributed by atoms with van der Waals surface area (Å²) in [5.74, 6) is 0.827. The molecule has 0 atom stereocenters. The molecule has 4 heteroatoms. The van der Waals surface area contributed by atoms with Crippen molar-refractivity contribution >= 4 is 15.9 Å². The van der Waals surface area contributed by atoms with Crippen molar-refractivity contribution in [1.82, 2.24) is 5.32 Å². The number of halogens is 1. The van der Waals surface area contributed by atoms with Crippen LogP contribution in [0.5, 0.6) is 5.75 Å². The number of ether oxygens (including phenoxy) is 1. The van der Waals surface area contributed by atoms with Gasteiger partial charge in [0.05, 0.1) is 5.60 Å². The predicted octanol–water partition coefficient (Wildman–Crippen LogP) is 3.10. The van der Waals surface area contributed by atoms with Crippen molar-refractivity contribution in [2.75, 3.05) is 13.7 Å². The largest absolute Gasteiger partial charge is 0.490 e. The molecule has 1 rings (SSSR count). The highest BCUT2D eigenvalue weighted by molar-refractivity contribution is 9.10. The molecule has 0 radical (unpaired) electrons. The fourth-order valence-electron chi connectivity index (χ4n) is 1.68. The smallest absolute Gasteiger partial charge is 0.124 e. The first-order valence-electron chi connectivity index (χ1n) is 6.33. The highest BCUT2D eigenvalue weighted by Crippen LogP contribution is 2.25. The Morgan fingerprint density at radius 1 is 1.33 bits per heavy atom. The van der Waals surface area contributed by atoms with Crippen molar-refractivity contribution in [2.24, 2.45) is 0 Å². The van der Waals surface area contributed by atoms with Gasteiger partial charge >= 0.3 is 0 Å². The minimum absolute atomic E-state index is 0.332. The molecule has 0 fully saturated rings. The number of hydrogen-bond donors (Lipinski definition) is 2. The van der Waals surface area contributed by atoms with Gasteiger partial charge in [0.15, 0.2) is 0 Å². The Bertz CT molecular complexity index is 378.